The van der Waals surface area contributed by atoms with Crippen LogP contribution in [0.2, 0.25) is 0 Å². The zero-order valence-corrected chi connectivity index (χ0v) is 12.5. The minimum atomic E-state index is -0.593. The van der Waals surface area contributed by atoms with Crippen LogP contribution in [0.15, 0.2) is 30.3 Å². The second-order valence-corrected chi connectivity index (χ2v) is 4.61. The van der Waals surface area contributed by atoms with Crippen molar-refractivity contribution in [1.82, 2.24) is 4.57 Å². The number of para-hydroxylation sites is 1. The lowest BCUT2D eigenvalue weighted by Crippen LogP contribution is -2.23. The van der Waals surface area contributed by atoms with Gasteiger partial charge in [0.15, 0.2) is 0 Å². The summed E-state index contributed by atoms with van der Waals surface area (Å²) in [6, 6.07) is 8.66. The molecule has 5 heteroatoms. The summed E-state index contributed by atoms with van der Waals surface area (Å²) in [6.45, 7) is 5.81. The second kappa shape index (κ2) is 6.43. The van der Waals surface area contributed by atoms with E-state index in [4.69, 9.17) is 9.47 Å². The Kier molecular flexibility index (Phi) is 4.62. The molecule has 1 atom stereocenters. The molecule has 1 unspecified atom stereocenters. The van der Waals surface area contributed by atoms with Gasteiger partial charge in [0.2, 0.25) is 0 Å². The van der Waals surface area contributed by atoms with Gasteiger partial charge < -0.3 is 14.0 Å². The second-order valence-electron chi connectivity index (χ2n) is 4.61. The van der Waals surface area contributed by atoms with Crippen LogP contribution in [0, 0.1) is 0 Å². The Labute approximate surface area is 123 Å². The molecule has 2 rings (SSSR count). The molecule has 5 nitrogen and oxygen atoms in total. The van der Waals surface area contributed by atoms with Crippen molar-refractivity contribution in [3.05, 3.63) is 36.0 Å². The number of esters is 2. The summed E-state index contributed by atoms with van der Waals surface area (Å²) in [6.07, 6.45) is 0. The van der Waals surface area contributed by atoms with Crippen molar-refractivity contribution in [3.63, 3.8) is 0 Å². The Morgan fingerprint density at radius 2 is 1.81 bits per heavy atom. The van der Waals surface area contributed by atoms with E-state index in [0.717, 1.165) is 10.9 Å². The highest BCUT2D eigenvalue weighted by Crippen LogP contribution is 2.25. The van der Waals surface area contributed by atoms with Gasteiger partial charge in [-0.25, -0.2) is 9.59 Å². The molecule has 0 fully saturated rings. The predicted octanol–water partition coefficient (Wildman–Crippen LogP) is 2.94. The van der Waals surface area contributed by atoms with Crippen LogP contribution in [-0.4, -0.2) is 29.7 Å². The van der Waals surface area contributed by atoms with Gasteiger partial charge >= 0.3 is 11.9 Å². The highest BCUT2D eigenvalue weighted by Gasteiger charge is 2.25. The lowest BCUT2D eigenvalue weighted by molar-refractivity contribution is -0.146. The standard InChI is InChI=1S/C16H19NO4/c1-4-20-15(18)11(3)17-13-9-7-6-8-12(13)10-14(17)16(19)21-5-2/h6-11H,4-5H2,1-3H3. The summed E-state index contributed by atoms with van der Waals surface area (Å²) >= 11 is 0. The van der Waals surface area contributed by atoms with Crippen molar-refractivity contribution in [2.45, 2.75) is 26.8 Å². The molecule has 1 aromatic heterocycles. The fourth-order valence-electron chi connectivity index (χ4n) is 2.32. The first-order valence-corrected chi connectivity index (χ1v) is 7.03. The lowest BCUT2D eigenvalue weighted by atomic mass is 10.2. The molecule has 0 amide bonds. The highest BCUT2D eigenvalue weighted by molar-refractivity contribution is 5.97. The van der Waals surface area contributed by atoms with Gasteiger partial charge in [-0.05, 0) is 32.9 Å². The van der Waals surface area contributed by atoms with E-state index in [-0.39, 0.29) is 12.6 Å². The van der Waals surface area contributed by atoms with Gasteiger partial charge in [0.25, 0.3) is 0 Å². The molecule has 0 N–H and O–H groups in total. The molecule has 0 aliphatic heterocycles. The predicted molar refractivity (Wildman–Crippen MR) is 79.2 cm³/mol. The largest absolute Gasteiger partial charge is 0.464 e. The molecule has 0 saturated heterocycles. The molecule has 0 aliphatic rings. The van der Waals surface area contributed by atoms with Crippen molar-refractivity contribution in [2.75, 3.05) is 13.2 Å². The molecule has 1 aromatic carbocycles. The van der Waals surface area contributed by atoms with E-state index in [9.17, 15) is 9.59 Å². The average Bonchev–Trinajstić information content (AvgIpc) is 2.86. The summed E-state index contributed by atoms with van der Waals surface area (Å²) in [5.74, 6) is -0.811. The normalized spacial score (nSPS) is 12.1. The van der Waals surface area contributed by atoms with E-state index in [1.807, 2.05) is 24.3 Å². The Morgan fingerprint density at radius 3 is 2.48 bits per heavy atom. The minimum absolute atomic E-state index is 0.286. The molecule has 0 spiro atoms. The van der Waals surface area contributed by atoms with Crippen LogP contribution in [0.3, 0.4) is 0 Å². The van der Waals surface area contributed by atoms with Crippen molar-refractivity contribution in [2.24, 2.45) is 0 Å². The Morgan fingerprint density at radius 1 is 1.14 bits per heavy atom. The van der Waals surface area contributed by atoms with Gasteiger partial charge in [0.1, 0.15) is 11.7 Å². The molecule has 21 heavy (non-hydrogen) atoms. The number of hydrogen-bond donors (Lipinski definition) is 0. The maximum Gasteiger partial charge on any atom is 0.354 e. The number of aromatic nitrogens is 1. The van der Waals surface area contributed by atoms with Crippen LogP contribution in [0.5, 0.6) is 0 Å². The third-order valence-electron chi connectivity index (χ3n) is 3.25. The maximum atomic E-state index is 12.1. The van der Waals surface area contributed by atoms with Crippen molar-refractivity contribution < 1.29 is 19.1 Å². The number of nitrogens with zero attached hydrogens (tertiary/aromatic N) is 1. The van der Waals surface area contributed by atoms with E-state index < -0.39 is 12.0 Å². The number of benzene rings is 1. The average molecular weight is 289 g/mol. The third-order valence-corrected chi connectivity index (χ3v) is 3.25. The van der Waals surface area contributed by atoms with Crippen molar-refractivity contribution >= 4 is 22.8 Å². The summed E-state index contributed by atoms with van der Waals surface area (Å²) in [7, 11) is 0. The molecule has 0 aliphatic carbocycles. The first-order valence-electron chi connectivity index (χ1n) is 7.03. The van der Waals surface area contributed by atoms with Gasteiger partial charge in [0.05, 0.1) is 13.2 Å². The molecule has 2 aromatic rings. The van der Waals surface area contributed by atoms with E-state index in [2.05, 4.69) is 0 Å². The number of fused-ring (bicyclic) bond motifs is 1. The minimum Gasteiger partial charge on any atom is -0.464 e. The smallest absolute Gasteiger partial charge is 0.354 e. The quantitative estimate of drug-likeness (QED) is 0.794. The van der Waals surface area contributed by atoms with Gasteiger partial charge in [-0.15, -0.1) is 0 Å². The topological polar surface area (TPSA) is 57.5 Å². The summed E-state index contributed by atoms with van der Waals surface area (Å²) in [5.41, 5.74) is 1.17. The number of hydrogen-bond acceptors (Lipinski definition) is 4. The molecule has 0 radical (unpaired) electrons. The van der Waals surface area contributed by atoms with Crippen LogP contribution < -0.4 is 0 Å². The molecule has 112 valence electrons. The molecular formula is C16H19NO4. The maximum absolute atomic E-state index is 12.1. The van der Waals surface area contributed by atoms with Gasteiger partial charge in [-0.3, -0.25) is 0 Å². The van der Waals surface area contributed by atoms with Crippen molar-refractivity contribution in [3.8, 4) is 0 Å². The van der Waals surface area contributed by atoms with Crippen LogP contribution >= 0.6 is 0 Å². The molecular weight excluding hydrogens is 270 g/mol. The third kappa shape index (κ3) is 2.91. The van der Waals surface area contributed by atoms with E-state index in [0.29, 0.717) is 12.3 Å². The first-order chi connectivity index (χ1) is 10.1. The number of rotatable bonds is 5. The number of carbonyl (C=O) groups is 2. The van der Waals surface area contributed by atoms with Gasteiger partial charge in [-0.2, -0.15) is 0 Å². The fourth-order valence-corrected chi connectivity index (χ4v) is 2.32. The number of carbonyl (C=O) groups excluding carboxylic acids is 2. The zero-order chi connectivity index (χ0) is 15.4. The van der Waals surface area contributed by atoms with Crippen LogP contribution in [-0.2, 0) is 14.3 Å². The fraction of sp³-hybridized carbons (Fsp3) is 0.375. The Bertz CT molecular complexity index is 659. The van der Waals surface area contributed by atoms with Gasteiger partial charge in [0, 0.05) is 10.9 Å². The summed E-state index contributed by atoms with van der Waals surface area (Å²) in [5, 5.41) is 0.886. The van der Waals surface area contributed by atoms with Crippen LogP contribution in [0.25, 0.3) is 10.9 Å². The van der Waals surface area contributed by atoms with Crippen molar-refractivity contribution in [1.29, 1.82) is 0 Å². The van der Waals surface area contributed by atoms with E-state index in [1.165, 1.54) is 0 Å². The molecule has 0 saturated carbocycles. The zero-order valence-electron chi connectivity index (χ0n) is 12.5. The molecule has 0 bridgehead atoms. The Hall–Kier alpha value is -2.30. The summed E-state index contributed by atoms with van der Waals surface area (Å²) < 4.78 is 11.8. The number of ether oxygens (including phenoxy) is 2. The summed E-state index contributed by atoms with van der Waals surface area (Å²) in [4.78, 5) is 24.1. The van der Waals surface area contributed by atoms with E-state index in [1.54, 1.807) is 31.4 Å². The van der Waals surface area contributed by atoms with Crippen LogP contribution in [0.1, 0.15) is 37.3 Å². The van der Waals surface area contributed by atoms with Gasteiger partial charge in [-0.1, -0.05) is 18.2 Å². The highest BCUT2D eigenvalue weighted by atomic mass is 16.5. The van der Waals surface area contributed by atoms with Crippen LogP contribution in [0.4, 0.5) is 0 Å². The Balaban J connectivity index is 2.55. The molecule has 1 heterocycles. The lowest BCUT2D eigenvalue weighted by Gasteiger charge is -2.16. The monoisotopic (exact) mass is 289 g/mol. The van der Waals surface area contributed by atoms with E-state index >= 15 is 0 Å². The SMILES string of the molecule is CCOC(=O)c1cc2ccccc2n1C(C)C(=O)OCC. The first kappa shape index (κ1) is 15.1.